The van der Waals surface area contributed by atoms with Crippen LogP contribution in [0.3, 0.4) is 0 Å². The molecule has 0 saturated carbocycles. The van der Waals surface area contributed by atoms with Crippen molar-refractivity contribution in [3.63, 3.8) is 0 Å². The lowest BCUT2D eigenvalue weighted by molar-refractivity contribution is -0.112. The average molecular weight is 182 g/mol. The van der Waals surface area contributed by atoms with Crippen molar-refractivity contribution in [3.05, 3.63) is 0 Å². The molecule has 1 spiro atoms. The predicted octanol–water partition coefficient (Wildman–Crippen LogP) is 1.28. The molecule has 2 aliphatic heterocycles. The Kier molecular flexibility index (Phi) is 1.97. The van der Waals surface area contributed by atoms with Crippen LogP contribution in [-0.4, -0.2) is 49.6 Å². The molecule has 0 aromatic carbocycles. The zero-order valence-electron chi connectivity index (χ0n) is 9.43. The standard InChI is InChI=1S/C11H22N2/c1-10(2,3)5-13-8-11(9-13)6-12(4)7-11/h5-9H2,1-4H3. The predicted molar refractivity (Wildman–Crippen MR) is 55.8 cm³/mol. The smallest absolute Gasteiger partial charge is 0.0212 e. The van der Waals surface area contributed by atoms with E-state index in [-0.39, 0.29) is 0 Å². The van der Waals surface area contributed by atoms with Gasteiger partial charge < -0.3 is 9.80 Å². The van der Waals surface area contributed by atoms with Gasteiger partial charge in [0.05, 0.1) is 0 Å². The maximum absolute atomic E-state index is 2.60. The quantitative estimate of drug-likeness (QED) is 0.603. The van der Waals surface area contributed by atoms with Crippen molar-refractivity contribution >= 4 is 0 Å². The Labute approximate surface area is 81.9 Å². The van der Waals surface area contributed by atoms with Gasteiger partial charge in [-0.3, -0.25) is 0 Å². The van der Waals surface area contributed by atoms with Crippen molar-refractivity contribution in [2.75, 3.05) is 39.8 Å². The molecule has 0 unspecified atom stereocenters. The average Bonchev–Trinajstić information content (AvgIpc) is 1.76. The van der Waals surface area contributed by atoms with Crippen LogP contribution in [0.5, 0.6) is 0 Å². The Morgan fingerprint density at radius 3 is 2.00 bits per heavy atom. The van der Waals surface area contributed by atoms with Gasteiger partial charge in [-0.05, 0) is 12.5 Å². The molecule has 13 heavy (non-hydrogen) atoms. The molecule has 2 rings (SSSR count). The molecular weight excluding hydrogens is 160 g/mol. The van der Waals surface area contributed by atoms with Crippen LogP contribution in [0.4, 0.5) is 0 Å². The minimum Gasteiger partial charge on any atom is -0.305 e. The van der Waals surface area contributed by atoms with E-state index in [1.165, 1.54) is 32.7 Å². The molecule has 0 atom stereocenters. The monoisotopic (exact) mass is 182 g/mol. The normalized spacial score (nSPS) is 28.6. The third-order valence-corrected chi connectivity index (χ3v) is 3.03. The first kappa shape index (κ1) is 9.47. The first-order valence-corrected chi connectivity index (χ1v) is 5.30. The second-order valence-electron chi connectivity index (χ2n) is 6.38. The van der Waals surface area contributed by atoms with Gasteiger partial charge in [-0.15, -0.1) is 0 Å². The van der Waals surface area contributed by atoms with Crippen LogP contribution in [0.15, 0.2) is 0 Å². The third-order valence-electron chi connectivity index (χ3n) is 3.03. The number of likely N-dealkylation sites (tertiary alicyclic amines) is 2. The SMILES string of the molecule is CN1CC2(C1)CN(CC(C)(C)C)C2. The molecule has 2 aliphatic rings. The molecule has 2 fully saturated rings. The minimum atomic E-state index is 0.470. The van der Waals surface area contributed by atoms with Gasteiger partial charge in [0, 0.05) is 38.1 Å². The number of nitrogens with zero attached hydrogens (tertiary/aromatic N) is 2. The number of hydrogen-bond donors (Lipinski definition) is 0. The highest BCUT2D eigenvalue weighted by atomic mass is 15.3. The molecule has 0 aromatic heterocycles. The topological polar surface area (TPSA) is 6.48 Å². The van der Waals surface area contributed by atoms with E-state index >= 15 is 0 Å². The maximum Gasteiger partial charge on any atom is 0.0212 e. The molecule has 2 nitrogen and oxygen atoms in total. The lowest BCUT2D eigenvalue weighted by atomic mass is 9.72. The maximum atomic E-state index is 2.60. The molecular formula is C11H22N2. The molecule has 0 aromatic rings. The third kappa shape index (κ3) is 1.89. The fraction of sp³-hybridized carbons (Fsp3) is 1.00. The van der Waals surface area contributed by atoms with Crippen LogP contribution in [0.25, 0.3) is 0 Å². The molecule has 0 N–H and O–H groups in total. The molecule has 2 heteroatoms. The highest BCUT2D eigenvalue weighted by Gasteiger charge is 2.50. The molecule has 2 saturated heterocycles. The van der Waals surface area contributed by atoms with Crippen molar-refractivity contribution in [2.45, 2.75) is 20.8 Å². The molecule has 0 bridgehead atoms. The van der Waals surface area contributed by atoms with Crippen molar-refractivity contribution < 1.29 is 0 Å². The Hall–Kier alpha value is -0.0800. The second kappa shape index (κ2) is 2.71. The minimum absolute atomic E-state index is 0.470. The van der Waals surface area contributed by atoms with E-state index in [1.54, 1.807) is 0 Å². The summed E-state index contributed by atoms with van der Waals surface area (Å²) in [6.45, 7) is 13.6. The van der Waals surface area contributed by atoms with Gasteiger partial charge in [-0.25, -0.2) is 0 Å². The Morgan fingerprint density at radius 1 is 1.08 bits per heavy atom. The zero-order chi connectivity index (χ0) is 9.69. The van der Waals surface area contributed by atoms with E-state index in [1.807, 2.05) is 0 Å². The van der Waals surface area contributed by atoms with Crippen molar-refractivity contribution in [2.24, 2.45) is 10.8 Å². The van der Waals surface area contributed by atoms with Gasteiger partial charge in [-0.1, -0.05) is 20.8 Å². The molecule has 2 heterocycles. The molecule has 0 amide bonds. The van der Waals surface area contributed by atoms with Crippen molar-refractivity contribution in [3.8, 4) is 0 Å². The van der Waals surface area contributed by atoms with Crippen molar-refractivity contribution in [1.29, 1.82) is 0 Å². The van der Waals surface area contributed by atoms with E-state index in [0.717, 1.165) is 0 Å². The second-order valence-corrected chi connectivity index (χ2v) is 6.38. The highest BCUT2D eigenvalue weighted by molar-refractivity contribution is 5.05. The van der Waals surface area contributed by atoms with E-state index in [9.17, 15) is 0 Å². The Balaban J connectivity index is 1.73. The molecule has 76 valence electrons. The fourth-order valence-electron chi connectivity index (χ4n) is 2.98. The van der Waals surface area contributed by atoms with Crippen LogP contribution < -0.4 is 0 Å². The summed E-state index contributed by atoms with van der Waals surface area (Å²) < 4.78 is 0. The molecule has 0 aliphatic carbocycles. The van der Waals surface area contributed by atoms with E-state index in [4.69, 9.17) is 0 Å². The van der Waals surface area contributed by atoms with Gasteiger partial charge in [0.15, 0.2) is 0 Å². The lowest BCUT2D eigenvalue weighted by Gasteiger charge is -2.60. The summed E-state index contributed by atoms with van der Waals surface area (Å²) in [4.78, 5) is 5.03. The van der Waals surface area contributed by atoms with Crippen LogP contribution in [0.2, 0.25) is 0 Å². The van der Waals surface area contributed by atoms with E-state index in [2.05, 4.69) is 37.6 Å². The first-order valence-electron chi connectivity index (χ1n) is 5.30. The van der Waals surface area contributed by atoms with Crippen molar-refractivity contribution in [1.82, 2.24) is 9.80 Å². The summed E-state index contributed by atoms with van der Waals surface area (Å²) in [6.07, 6.45) is 0. The van der Waals surface area contributed by atoms with Crippen LogP contribution in [0.1, 0.15) is 20.8 Å². The summed E-state index contributed by atoms with van der Waals surface area (Å²) >= 11 is 0. The van der Waals surface area contributed by atoms with Gasteiger partial charge >= 0.3 is 0 Å². The molecule has 0 radical (unpaired) electrons. The van der Waals surface area contributed by atoms with Gasteiger partial charge in [0.25, 0.3) is 0 Å². The van der Waals surface area contributed by atoms with Crippen LogP contribution in [-0.2, 0) is 0 Å². The lowest BCUT2D eigenvalue weighted by Crippen LogP contribution is -2.71. The largest absolute Gasteiger partial charge is 0.305 e. The van der Waals surface area contributed by atoms with Crippen LogP contribution >= 0.6 is 0 Å². The summed E-state index contributed by atoms with van der Waals surface area (Å²) in [5, 5.41) is 0. The van der Waals surface area contributed by atoms with Gasteiger partial charge in [-0.2, -0.15) is 0 Å². The fourth-order valence-corrected chi connectivity index (χ4v) is 2.98. The zero-order valence-corrected chi connectivity index (χ0v) is 9.43. The first-order chi connectivity index (χ1) is 5.89. The van der Waals surface area contributed by atoms with Crippen LogP contribution in [0, 0.1) is 10.8 Å². The van der Waals surface area contributed by atoms with Gasteiger partial charge in [0.2, 0.25) is 0 Å². The van der Waals surface area contributed by atoms with E-state index < -0.39 is 0 Å². The highest BCUT2D eigenvalue weighted by Crippen LogP contribution is 2.39. The Morgan fingerprint density at radius 2 is 1.62 bits per heavy atom. The van der Waals surface area contributed by atoms with Gasteiger partial charge in [0.1, 0.15) is 0 Å². The summed E-state index contributed by atoms with van der Waals surface area (Å²) in [5.41, 5.74) is 1.18. The van der Waals surface area contributed by atoms with E-state index in [0.29, 0.717) is 10.8 Å². The number of hydrogen-bond acceptors (Lipinski definition) is 2. The summed E-state index contributed by atoms with van der Waals surface area (Å²) in [7, 11) is 2.22. The summed E-state index contributed by atoms with van der Waals surface area (Å²) in [5.74, 6) is 0. The number of rotatable bonds is 1. The Bertz CT molecular complexity index is 191. The summed E-state index contributed by atoms with van der Waals surface area (Å²) in [6, 6.07) is 0.